The molecule has 4 aliphatic heterocycles. The Morgan fingerprint density at radius 2 is 1.08 bits per heavy atom. The molecule has 16 nitrogen and oxygen atoms in total. The van der Waals surface area contributed by atoms with Gasteiger partial charge < -0.3 is 39.5 Å². The van der Waals surface area contributed by atoms with Crippen molar-refractivity contribution in [1.82, 2.24) is 58.8 Å². The summed E-state index contributed by atoms with van der Waals surface area (Å²) in [4.78, 5) is 37.9. The van der Waals surface area contributed by atoms with Gasteiger partial charge in [0.25, 0.3) is 0 Å². The molecule has 77 heavy (non-hydrogen) atoms. The molecule has 2 fully saturated rings. The number of aryl methyl sites for hydroxylation is 2. The number of imidazole rings is 2. The number of nitrogens with zero attached hydrogens (tertiary/aromatic N) is 12. The Hall–Kier alpha value is -6.71. The fourth-order valence-corrected chi connectivity index (χ4v) is 10.6. The molecule has 21 heteroatoms. The number of piperidine rings is 2. The molecule has 0 radical (unpaired) electrons. The summed E-state index contributed by atoms with van der Waals surface area (Å²) in [5.41, 5.74) is 9.77. The Morgan fingerprint density at radius 1 is 0.597 bits per heavy atom. The molecule has 0 unspecified atom stereocenters. The molecule has 2 aromatic carbocycles. The number of nitrogens with one attached hydrogen (secondary N) is 1. The normalized spacial score (nSPS) is 17.4. The van der Waals surface area contributed by atoms with Crippen LogP contribution in [0.15, 0.2) is 73.3 Å². The molecule has 404 valence electrons. The minimum absolute atomic E-state index is 0.0119. The van der Waals surface area contributed by atoms with Gasteiger partial charge in [-0.1, -0.05) is 12.1 Å². The Labute approximate surface area is 449 Å². The van der Waals surface area contributed by atoms with E-state index in [1.807, 2.05) is 28.8 Å². The van der Waals surface area contributed by atoms with Gasteiger partial charge in [0.05, 0.1) is 48.8 Å². The van der Waals surface area contributed by atoms with Crippen LogP contribution >= 0.6 is 11.6 Å². The van der Waals surface area contributed by atoms with Gasteiger partial charge in [-0.05, 0) is 139 Å². The summed E-state index contributed by atoms with van der Waals surface area (Å²) in [6.45, 7) is 13.9. The summed E-state index contributed by atoms with van der Waals surface area (Å²) in [5, 5.41) is 2.94. The quantitative estimate of drug-likeness (QED) is 0.0977. The summed E-state index contributed by atoms with van der Waals surface area (Å²) >= 11 is 5.74. The summed E-state index contributed by atoms with van der Waals surface area (Å²) in [6, 6.07) is 13.5. The predicted molar refractivity (Wildman–Crippen MR) is 288 cm³/mol. The fraction of sp³-hybridized carbons (Fsp3) is 0.429. The molecule has 10 heterocycles. The summed E-state index contributed by atoms with van der Waals surface area (Å²) in [7, 11) is 4.28. The maximum Gasteiger partial charge on any atom is 0.229 e. The lowest BCUT2D eigenvalue weighted by atomic mass is 10.0. The molecular formula is C56H63ClF4N14O2. The van der Waals surface area contributed by atoms with Crippen molar-refractivity contribution in [2.75, 3.05) is 51.3 Å². The van der Waals surface area contributed by atoms with E-state index in [0.29, 0.717) is 64.1 Å². The number of fused-ring (bicyclic) bond motifs is 6. The highest BCUT2D eigenvalue weighted by Gasteiger charge is 2.35. The number of hydrogen-bond donors (Lipinski definition) is 2. The van der Waals surface area contributed by atoms with Crippen molar-refractivity contribution in [3.05, 3.63) is 125 Å². The topological polar surface area (TPSA) is 176 Å². The first-order chi connectivity index (χ1) is 36.9. The van der Waals surface area contributed by atoms with E-state index in [1.54, 1.807) is 24.5 Å². The van der Waals surface area contributed by atoms with E-state index in [4.69, 9.17) is 26.8 Å². The first kappa shape index (κ1) is 53.7. The van der Waals surface area contributed by atoms with E-state index in [-0.39, 0.29) is 39.8 Å². The van der Waals surface area contributed by atoms with E-state index in [9.17, 15) is 13.2 Å². The Bertz CT molecular complexity index is 3390. The lowest BCUT2D eigenvalue weighted by Gasteiger charge is -2.28. The van der Waals surface area contributed by atoms with Crippen LogP contribution in [0, 0.1) is 23.3 Å². The monoisotopic (exact) mass is 1070 g/mol. The van der Waals surface area contributed by atoms with E-state index in [2.05, 4.69) is 101 Å². The van der Waals surface area contributed by atoms with Crippen LogP contribution in [0.1, 0.15) is 89.0 Å². The van der Waals surface area contributed by atoms with Crippen LogP contribution in [0.3, 0.4) is 0 Å². The molecule has 0 spiro atoms. The molecule has 4 aliphatic rings. The Balaban J connectivity index is 0.000000146. The van der Waals surface area contributed by atoms with E-state index < -0.39 is 23.3 Å². The number of aromatic nitrogens is 10. The maximum atomic E-state index is 15.1. The SMILES string of the molecule is CC1(C)CCc2nc3c(F)cc(-c4nc(Cl)ncc4F)cc3n21.CN1CCC(OCc2ccc(N)nc2)CC1.CN1CCC(OCc2ccc(Nc3ncc(F)c(-c4cc(F)c5nc6n(c5c4)C(C)(C)CC6)n3)nc2)CC1. The number of benzene rings is 2. The summed E-state index contributed by atoms with van der Waals surface area (Å²) in [6.07, 6.45) is 14.0. The lowest BCUT2D eigenvalue weighted by molar-refractivity contribution is 0.00196. The molecule has 0 aliphatic carbocycles. The number of nitrogens with two attached hydrogens (primary N) is 1. The summed E-state index contributed by atoms with van der Waals surface area (Å²) < 4.78 is 74.4. The van der Waals surface area contributed by atoms with Gasteiger partial charge >= 0.3 is 0 Å². The molecule has 0 bridgehead atoms. The van der Waals surface area contributed by atoms with Gasteiger partial charge in [-0.2, -0.15) is 0 Å². The van der Waals surface area contributed by atoms with Crippen molar-refractivity contribution in [3.8, 4) is 22.5 Å². The third-order valence-corrected chi connectivity index (χ3v) is 15.1. The number of hydrogen-bond acceptors (Lipinski definition) is 14. The second kappa shape index (κ2) is 22.3. The van der Waals surface area contributed by atoms with Crippen LogP contribution in [0.4, 0.5) is 35.1 Å². The van der Waals surface area contributed by atoms with Crippen molar-refractivity contribution in [2.45, 2.75) is 116 Å². The van der Waals surface area contributed by atoms with Gasteiger partial charge in [0.15, 0.2) is 23.3 Å². The fourth-order valence-electron chi connectivity index (χ4n) is 10.5. The highest BCUT2D eigenvalue weighted by atomic mass is 35.5. The third kappa shape index (κ3) is 12.1. The number of anilines is 3. The van der Waals surface area contributed by atoms with Crippen molar-refractivity contribution >= 4 is 51.3 Å². The molecule has 0 saturated carbocycles. The molecule has 0 atom stereocenters. The minimum atomic E-state index is -0.645. The zero-order valence-electron chi connectivity index (χ0n) is 44.1. The Kier molecular flexibility index (Phi) is 15.6. The molecule has 2 saturated heterocycles. The first-order valence-corrected chi connectivity index (χ1v) is 26.4. The number of nitrogen functional groups attached to an aromatic ring is 1. The van der Waals surface area contributed by atoms with Crippen LogP contribution in [0.2, 0.25) is 5.28 Å². The van der Waals surface area contributed by atoms with Gasteiger partial charge in [-0.3, -0.25) is 0 Å². The standard InChI is InChI=1S/C28H31F2N7O.C16H13ClF2N4.C12H19N3O/c1-28(2)9-6-24-34-26-20(29)12-18(13-22(26)37(24)28)25-21(30)15-32-27(35-25)33-23-5-4-17(14-31-23)16-38-19-7-10-36(3)11-8-19;1-16(2)4-3-12-21-14-9(18)5-8(6-11(14)23(12)16)13-10(19)7-20-15(17)22-13;1-15-6-4-11(5-7-15)16-9-10-2-3-12(13)14-8-10/h4-5,12-15,19H,6-11,16H2,1-3H3,(H,31,32,33,35);5-7H,3-4H2,1-2H3;2-3,8,11H,4-7,9H2,1H3,(H2,13,14). The van der Waals surface area contributed by atoms with Gasteiger partial charge in [0.2, 0.25) is 11.2 Å². The van der Waals surface area contributed by atoms with Crippen LogP contribution in [0.25, 0.3) is 44.6 Å². The van der Waals surface area contributed by atoms with Crippen LogP contribution in [0.5, 0.6) is 0 Å². The highest BCUT2D eigenvalue weighted by Crippen LogP contribution is 2.40. The van der Waals surface area contributed by atoms with Crippen LogP contribution in [-0.2, 0) is 46.6 Å². The largest absolute Gasteiger partial charge is 0.384 e. The average molecular weight is 1080 g/mol. The molecule has 0 amide bonds. The van der Waals surface area contributed by atoms with Crippen molar-refractivity contribution in [2.24, 2.45) is 0 Å². The van der Waals surface area contributed by atoms with Crippen LogP contribution in [-0.4, -0.2) is 111 Å². The number of halogens is 5. The van der Waals surface area contributed by atoms with Gasteiger partial charge in [0, 0.05) is 73.6 Å². The maximum absolute atomic E-state index is 15.1. The van der Waals surface area contributed by atoms with Gasteiger partial charge in [-0.15, -0.1) is 0 Å². The molecule has 3 N–H and O–H groups in total. The minimum Gasteiger partial charge on any atom is -0.384 e. The summed E-state index contributed by atoms with van der Waals surface area (Å²) in [5.74, 6) is 0.665. The number of rotatable bonds is 10. The molecule has 8 aromatic rings. The smallest absolute Gasteiger partial charge is 0.229 e. The zero-order valence-corrected chi connectivity index (χ0v) is 44.9. The lowest BCUT2D eigenvalue weighted by Crippen LogP contribution is -2.34. The van der Waals surface area contributed by atoms with Gasteiger partial charge in [0.1, 0.15) is 45.7 Å². The third-order valence-electron chi connectivity index (χ3n) is 14.9. The molecule has 12 rings (SSSR count). The van der Waals surface area contributed by atoms with Crippen LogP contribution < -0.4 is 11.1 Å². The van der Waals surface area contributed by atoms with E-state index in [1.165, 1.54) is 12.1 Å². The van der Waals surface area contributed by atoms with Crippen molar-refractivity contribution < 1.29 is 27.0 Å². The zero-order chi connectivity index (χ0) is 54.2. The highest BCUT2D eigenvalue weighted by molar-refractivity contribution is 6.28. The number of pyridine rings is 2. The number of likely N-dealkylation sites (tertiary alicyclic amines) is 2. The van der Waals surface area contributed by atoms with E-state index in [0.717, 1.165) is 113 Å². The Morgan fingerprint density at radius 3 is 1.56 bits per heavy atom. The van der Waals surface area contributed by atoms with E-state index >= 15 is 4.39 Å². The molecular weight excluding hydrogens is 1010 g/mol. The van der Waals surface area contributed by atoms with Crippen molar-refractivity contribution in [3.63, 3.8) is 0 Å². The predicted octanol–water partition coefficient (Wildman–Crippen LogP) is 10.6. The second-order valence-corrected chi connectivity index (χ2v) is 22.0. The first-order valence-electron chi connectivity index (χ1n) is 26.0. The second-order valence-electron chi connectivity index (χ2n) is 21.6. The van der Waals surface area contributed by atoms with Crippen molar-refractivity contribution in [1.29, 1.82) is 0 Å². The van der Waals surface area contributed by atoms with Gasteiger partial charge in [-0.25, -0.2) is 57.4 Å². The number of ether oxygens (including phenoxy) is 2. The molecule has 6 aromatic heterocycles. The average Bonchev–Trinajstić information content (AvgIpc) is 4.21.